The van der Waals surface area contributed by atoms with Crippen LogP contribution in [0.5, 0.6) is 5.75 Å². The van der Waals surface area contributed by atoms with Gasteiger partial charge in [-0.3, -0.25) is 0 Å². The largest absolute Gasteiger partial charge is 0.495 e. The molecule has 0 unspecified atom stereocenters. The second-order valence-electron chi connectivity index (χ2n) is 3.01. The Hall–Kier alpha value is -0.930. The van der Waals surface area contributed by atoms with Crippen LogP contribution in [0.3, 0.4) is 0 Å². The third-order valence-corrected chi connectivity index (χ3v) is 2.34. The van der Waals surface area contributed by atoms with Crippen LogP contribution < -0.4 is 15.4 Å². The zero-order valence-corrected chi connectivity index (χ0v) is 9.40. The van der Waals surface area contributed by atoms with Crippen LogP contribution in [-0.4, -0.2) is 20.8 Å². The second kappa shape index (κ2) is 5.08. The summed E-state index contributed by atoms with van der Waals surface area (Å²) >= 11 is 6.01. The number of hydrogen-bond acceptors (Lipinski definition) is 3. The molecule has 1 aromatic rings. The third kappa shape index (κ3) is 2.53. The van der Waals surface area contributed by atoms with E-state index >= 15 is 0 Å². The highest BCUT2D eigenvalue weighted by molar-refractivity contribution is 6.31. The number of anilines is 1. The van der Waals surface area contributed by atoms with Crippen molar-refractivity contribution in [3.63, 3.8) is 0 Å². The van der Waals surface area contributed by atoms with Crippen molar-refractivity contribution in [3.8, 4) is 5.75 Å². The molecule has 0 spiro atoms. The van der Waals surface area contributed by atoms with Gasteiger partial charge in [0.15, 0.2) is 0 Å². The summed E-state index contributed by atoms with van der Waals surface area (Å²) in [7, 11) is 3.52. The van der Waals surface area contributed by atoms with Crippen LogP contribution in [0.15, 0.2) is 12.1 Å². The molecule has 3 nitrogen and oxygen atoms in total. The molecule has 0 saturated carbocycles. The zero-order valence-electron chi connectivity index (χ0n) is 8.65. The molecule has 0 atom stereocenters. The minimum atomic E-state index is 0.676. The van der Waals surface area contributed by atoms with E-state index in [1.165, 1.54) is 0 Å². The van der Waals surface area contributed by atoms with Crippen LogP contribution in [0.2, 0.25) is 5.02 Å². The molecule has 1 rings (SSSR count). The summed E-state index contributed by atoms with van der Waals surface area (Å²) < 4.78 is 5.23. The average molecular weight is 215 g/mol. The van der Waals surface area contributed by atoms with Gasteiger partial charge < -0.3 is 15.4 Å². The number of halogens is 1. The van der Waals surface area contributed by atoms with E-state index in [0.717, 1.165) is 22.0 Å². The van der Waals surface area contributed by atoms with Gasteiger partial charge >= 0.3 is 0 Å². The van der Waals surface area contributed by atoms with Gasteiger partial charge in [0.05, 0.1) is 19.5 Å². The highest BCUT2D eigenvalue weighted by Crippen LogP contribution is 2.30. The molecular formula is C10H15ClN2O. The van der Waals surface area contributed by atoms with E-state index in [-0.39, 0.29) is 0 Å². The van der Waals surface area contributed by atoms with Gasteiger partial charge in [0.25, 0.3) is 0 Å². The highest BCUT2D eigenvalue weighted by atomic mass is 35.5. The van der Waals surface area contributed by atoms with E-state index in [2.05, 4.69) is 10.6 Å². The number of methoxy groups -OCH3 is 1. The third-order valence-electron chi connectivity index (χ3n) is 1.94. The first-order chi connectivity index (χ1) is 6.69. The molecule has 0 heterocycles. The maximum absolute atomic E-state index is 6.01. The predicted molar refractivity (Wildman–Crippen MR) is 60.3 cm³/mol. The molecular weight excluding hydrogens is 200 g/mol. The van der Waals surface area contributed by atoms with Crippen LogP contribution in [0.1, 0.15) is 5.56 Å². The summed E-state index contributed by atoms with van der Waals surface area (Å²) in [5, 5.41) is 6.89. The summed E-state index contributed by atoms with van der Waals surface area (Å²) in [6.45, 7) is 2.63. The molecule has 78 valence electrons. The summed E-state index contributed by atoms with van der Waals surface area (Å²) in [4.78, 5) is 0. The van der Waals surface area contributed by atoms with Gasteiger partial charge in [0.1, 0.15) is 5.75 Å². The standard InChI is InChI=1S/C10H15ClN2O/c1-7-4-10(14-3)9(5-8(7)11)13-6-12-2/h4-5,12-13H,6H2,1-3H3. The van der Waals surface area contributed by atoms with Crippen molar-refractivity contribution < 1.29 is 4.74 Å². The molecule has 0 aromatic heterocycles. The fourth-order valence-corrected chi connectivity index (χ4v) is 1.31. The molecule has 0 aliphatic heterocycles. The van der Waals surface area contributed by atoms with Crippen molar-refractivity contribution in [1.82, 2.24) is 5.32 Å². The van der Waals surface area contributed by atoms with Crippen LogP contribution in [0, 0.1) is 6.92 Å². The van der Waals surface area contributed by atoms with Gasteiger partial charge in [-0.2, -0.15) is 0 Å². The predicted octanol–water partition coefficient (Wildman–Crippen LogP) is 2.25. The van der Waals surface area contributed by atoms with E-state index in [4.69, 9.17) is 16.3 Å². The normalized spacial score (nSPS) is 10.0. The summed E-state index contributed by atoms with van der Waals surface area (Å²) in [5.41, 5.74) is 1.91. The Bertz CT molecular complexity index is 315. The van der Waals surface area contributed by atoms with Gasteiger partial charge in [0, 0.05) is 5.02 Å². The Kier molecular flexibility index (Phi) is 4.04. The molecule has 2 N–H and O–H groups in total. The Morgan fingerprint density at radius 1 is 1.43 bits per heavy atom. The smallest absolute Gasteiger partial charge is 0.142 e. The number of rotatable bonds is 4. The van der Waals surface area contributed by atoms with E-state index in [0.29, 0.717) is 6.67 Å². The molecule has 0 bridgehead atoms. The first kappa shape index (κ1) is 11.1. The lowest BCUT2D eigenvalue weighted by Crippen LogP contribution is -2.17. The van der Waals surface area contributed by atoms with Crippen LogP contribution in [-0.2, 0) is 0 Å². The Balaban J connectivity index is 2.95. The van der Waals surface area contributed by atoms with Crippen LogP contribution >= 0.6 is 11.6 Å². The van der Waals surface area contributed by atoms with Crippen molar-refractivity contribution in [1.29, 1.82) is 0 Å². The Morgan fingerprint density at radius 2 is 2.14 bits per heavy atom. The van der Waals surface area contributed by atoms with Crippen LogP contribution in [0.25, 0.3) is 0 Å². The van der Waals surface area contributed by atoms with Crippen molar-refractivity contribution in [2.45, 2.75) is 6.92 Å². The van der Waals surface area contributed by atoms with Crippen molar-refractivity contribution in [2.24, 2.45) is 0 Å². The molecule has 0 aliphatic rings. The van der Waals surface area contributed by atoms with E-state index in [1.807, 2.05) is 26.1 Å². The maximum Gasteiger partial charge on any atom is 0.142 e. The number of aryl methyl sites for hydroxylation is 1. The van der Waals surface area contributed by atoms with Gasteiger partial charge in [-0.25, -0.2) is 0 Å². The fraction of sp³-hybridized carbons (Fsp3) is 0.400. The van der Waals surface area contributed by atoms with Gasteiger partial charge in [0.2, 0.25) is 0 Å². The molecule has 0 aliphatic carbocycles. The first-order valence-corrected chi connectivity index (χ1v) is 4.79. The van der Waals surface area contributed by atoms with Gasteiger partial charge in [-0.05, 0) is 31.7 Å². The molecule has 14 heavy (non-hydrogen) atoms. The Labute approximate surface area is 89.4 Å². The zero-order chi connectivity index (χ0) is 10.6. The quantitative estimate of drug-likeness (QED) is 0.755. The lowest BCUT2D eigenvalue weighted by molar-refractivity contribution is 0.416. The highest BCUT2D eigenvalue weighted by Gasteiger charge is 2.05. The number of hydrogen-bond donors (Lipinski definition) is 2. The van der Waals surface area contributed by atoms with E-state index in [9.17, 15) is 0 Å². The molecule has 0 radical (unpaired) electrons. The average Bonchev–Trinajstić information content (AvgIpc) is 2.19. The molecule has 0 saturated heterocycles. The molecule has 1 aromatic carbocycles. The monoisotopic (exact) mass is 214 g/mol. The first-order valence-electron chi connectivity index (χ1n) is 4.41. The van der Waals surface area contributed by atoms with Crippen molar-refractivity contribution >= 4 is 17.3 Å². The summed E-state index contributed by atoms with van der Waals surface area (Å²) in [6.07, 6.45) is 0. The SMILES string of the molecule is CNCNc1cc(Cl)c(C)cc1OC. The number of ether oxygens (including phenoxy) is 1. The van der Waals surface area contributed by atoms with Gasteiger partial charge in [-0.1, -0.05) is 11.6 Å². The maximum atomic E-state index is 6.01. The van der Waals surface area contributed by atoms with E-state index in [1.54, 1.807) is 7.11 Å². The second-order valence-corrected chi connectivity index (χ2v) is 3.42. The Morgan fingerprint density at radius 3 is 2.71 bits per heavy atom. The molecule has 0 amide bonds. The number of nitrogens with one attached hydrogen (secondary N) is 2. The molecule has 4 heteroatoms. The topological polar surface area (TPSA) is 33.3 Å². The van der Waals surface area contributed by atoms with E-state index < -0.39 is 0 Å². The van der Waals surface area contributed by atoms with Gasteiger partial charge in [-0.15, -0.1) is 0 Å². The molecule has 0 fully saturated rings. The van der Waals surface area contributed by atoms with Crippen molar-refractivity contribution in [2.75, 3.05) is 26.1 Å². The van der Waals surface area contributed by atoms with Crippen LogP contribution in [0.4, 0.5) is 5.69 Å². The summed E-state index contributed by atoms with van der Waals surface area (Å²) in [6, 6.07) is 3.79. The minimum Gasteiger partial charge on any atom is -0.495 e. The lowest BCUT2D eigenvalue weighted by atomic mass is 10.2. The lowest BCUT2D eigenvalue weighted by Gasteiger charge is -2.12. The fourth-order valence-electron chi connectivity index (χ4n) is 1.15. The number of benzene rings is 1. The van der Waals surface area contributed by atoms with Crippen molar-refractivity contribution in [3.05, 3.63) is 22.7 Å². The minimum absolute atomic E-state index is 0.676. The summed E-state index contributed by atoms with van der Waals surface area (Å²) in [5.74, 6) is 0.808.